The van der Waals surface area contributed by atoms with Gasteiger partial charge in [-0.2, -0.15) is 4.98 Å². The van der Waals surface area contributed by atoms with Gasteiger partial charge in [-0.15, -0.1) is 11.3 Å². The number of thiophene rings is 1. The van der Waals surface area contributed by atoms with Crippen LogP contribution in [0, 0.1) is 6.92 Å². The minimum atomic E-state index is 0.187. The third-order valence-electron chi connectivity index (χ3n) is 4.82. The minimum Gasteiger partial charge on any atom is -0.340 e. The Bertz CT molecular complexity index is 945. The van der Waals surface area contributed by atoms with Gasteiger partial charge >= 0.3 is 0 Å². The van der Waals surface area contributed by atoms with Gasteiger partial charge in [0.1, 0.15) is 0 Å². The molecule has 1 amide bonds. The Kier molecular flexibility index (Phi) is 5.89. The smallest absolute Gasteiger partial charge is 0.241 e. The standard InChI is InChI=1S/C20H21BrN4O2S/c1-14-2-4-15(5-3-14)10-19(26)25-8-6-24(7-9-25)12-18-22-20(23-27-18)17-11-16(21)13-28-17/h2-5,11,13H,6-10,12H2,1H3. The van der Waals surface area contributed by atoms with Crippen molar-refractivity contribution < 1.29 is 9.32 Å². The van der Waals surface area contributed by atoms with Crippen molar-refractivity contribution in [1.82, 2.24) is 19.9 Å². The van der Waals surface area contributed by atoms with Crippen LogP contribution in [0.3, 0.4) is 0 Å². The van der Waals surface area contributed by atoms with Gasteiger partial charge in [-0.25, -0.2) is 0 Å². The minimum absolute atomic E-state index is 0.187. The highest BCUT2D eigenvalue weighted by atomic mass is 79.9. The van der Waals surface area contributed by atoms with Gasteiger partial charge in [-0.3, -0.25) is 9.69 Å². The molecular weight excluding hydrogens is 440 g/mol. The summed E-state index contributed by atoms with van der Waals surface area (Å²) in [5.41, 5.74) is 2.28. The van der Waals surface area contributed by atoms with E-state index in [1.54, 1.807) is 11.3 Å². The molecule has 1 saturated heterocycles. The second-order valence-corrected chi connectivity index (χ2v) is 8.79. The van der Waals surface area contributed by atoms with E-state index in [9.17, 15) is 4.79 Å². The number of carbonyl (C=O) groups excluding carboxylic acids is 1. The van der Waals surface area contributed by atoms with Crippen molar-refractivity contribution in [3.63, 3.8) is 0 Å². The van der Waals surface area contributed by atoms with Gasteiger partial charge in [-0.05, 0) is 34.5 Å². The molecule has 0 N–H and O–H groups in total. The summed E-state index contributed by atoms with van der Waals surface area (Å²) >= 11 is 5.02. The first-order valence-electron chi connectivity index (χ1n) is 9.19. The molecule has 0 aliphatic carbocycles. The van der Waals surface area contributed by atoms with E-state index in [1.165, 1.54) is 5.56 Å². The highest BCUT2D eigenvalue weighted by Crippen LogP contribution is 2.27. The lowest BCUT2D eigenvalue weighted by Gasteiger charge is -2.34. The fourth-order valence-corrected chi connectivity index (χ4v) is 4.54. The molecule has 146 valence electrons. The molecule has 0 spiro atoms. The van der Waals surface area contributed by atoms with Crippen molar-refractivity contribution in [1.29, 1.82) is 0 Å². The zero-order chi connectivity index (χ0) is 19.5. The molecule has 1 fully saturated rings. The Labute approximate surface area is 176 Å². The molecule has 1 aromatic carbocycles. The number of hydrogen-bond donors (Lipinski definition) is 0. The predicted molar refractivity (Wildman–Crippen MR) is 112 cm³/mol. The zero-order valence-corrected chi connectivity index (χ0v) is 18.0. The molecule has 6 nitrogen and oxygen atoms in total. The molecule has 0 radical (unpaired) electrons. The number of rotatable bonds is 5. The van der Waals surface area contributed by atoms with Crippen LogP contribution in [0.2, 0.25) is 0 Å². The van der Waals surface area contributed by atoms with Gasteiger partial charge < -0.3 is 9.42 Å². The number of aryl methyl sites for hydroxylation is 1. The van der Waals surface area contributed by atoms with Crippen LogP contribution in [-0.4, -0.2) is 52.0 Å². The van der Waals surface area contributed by atoms with E-state index in [-0.39, 0.29) is 5.91 Å². The molecule has 3 aromatic rings. The molecule has 28 heavy (non-hydrogen) atoms. The van der Waals surface area contributed by atoms with E-state index < -0.39 is 0 Å². The van der Waals surface area contributed by atoms with Crippen molar-refractivity contribution in [3.05, 3.63) is 57.2 Å². The van der Waals surface area contributed by atoms with Crippen LogP contribution >= 0.6 is 27.3 Å². The number of hydrogen-bond acceptors (Lipinski definition) is 6. The molecule has 2 aromatic heterocycles. The van der Waals surface area contributed by atoms with Gasteiger partial charge in [0.2, 0.25) is 17.6 Å². The molecule has 0 unspecified atom stereocenters. The maximum absolute atomic E-state index is 12.5. The highest BCUT2D eigenvalue weighted by molar-refractivity contribution is 9.10. The maximum atomic E-state index is 12.5. The number of aromatic nitrogens is 2. The zero-order valence-electron chi connectivity index (χ0n) is 15.6. The molecule has 4 rings (SSSR count). The van der Waals surface area contributed by atoms with Crippen molar-refractivity contribution in [3.8, 4) is 10.7 Å². The van der Waals surface area contributed by atoms with Gasteiger partial charge in [0, 0.05) is 36.0 Å². The van der Waals surface area contributed by atoms with E-state index in [0.29, 0.717) is 24.7 Å². The lowest BCUT2D eigenvalue weighted by molar-refractivity contribution is -0.132. The Morgan fingerprint density at radius 1 is 1.21 bits per heavy atom. The van der Waals surface area contributed by atoms with Crippen molar-refractivity contribution >= 4 is 33.2 Å². The number of benzene rings is 1. The molecule has 1 aliphatic rings. The summed E-state index contributed by atoms with van der Waals surface area (Å²) in [6.07, 6.45) is 0.462. The van der Waals surface area contributed by atoms with Crippen LogP contribution in [0.5, 0.6) is 0 Å². The van der Waals surface area contributed by atoms with E-state index >= 15 is 0 Å². The van der Waals surface area contributed by atoms with Crippen molar-refractivity contribution in [2.45, 2.75) is 19.9 Å². The van der Waals surface area contributed by atoms with Crippen molar-refractivity contribution in [2.24, 2.45) is 0 Å². The second kappa shape index (κ2) is 8.55. The monoisotopic (exact) mass is 460 g/mol. The van der Waals surface area contributed by atoms with E-state index in [2.05, 4.69) is 37.9 Å². The van der Waals surface area contributed by atoms with Gasteiger partial charge in [0.15, 0.2) is 0 Å². The Morgan fingerprint density at radius 3 is 2.64 bits per heavy atom. The maximum Gasteiger partial charge on any atom is 0.241 e. The highest BCUT2D eigenvalue weighted by Gasteiger charge is 2.23. The van der Waals surface area contributed by atoms with Crippen LogP contribution in [0.25, 0.3) is 10.7 Å². The van der Waals surface area contributed by atoms with E-state index in [4.69, 9.17) is 4.52 Å². The predicted octanol–water partition coefficient (Wildman–Crippen LogP) is 3.76. The first-order valence-corrected chi connectivity index (χ1v) is 10.9. The van der Waals surface area contributed by atoms with Gasteiger partial charge in [0.05, 0.1) is 17.8 Å². The second-order valence-electron chi connectivity index (χ2n) is 6.96. The number of piperazine rings is 1. The Balaban J connectivity index is 1.28. The molecule has 3 heterocycles. The summed E-state index contributed by atoms with van der Waals surface area (Å²) < 4.78 is 6.42. The van der Waals surface area contributed by atoms with Crippen LogP contribution in [0.1, 0.15) is 17.0 Å². The fourth-order valence-electron chi connectivity index (χ4n) is 3.19. The quantitative estimate of drug-likeness (QED) is 0.579. The SMILES string of the molecule is Cc1ccc(CC(=O)N2CCN(Cc3nc(-c4cc(Br)cs4)no3)CC2)cc1. The Morgan fingerprint density at radius 2 is 1.96 bits per heavy atom. The largest absolute Gasteiger partial charge is 0.340 e. The summed E-state index contributed by atoms with van der Waals surface area (Å²) in [6, 6.07) is 10.1. The van der Waals surface area contributed by atoms with E-state index in [0.717, 1.165) is 41.1 Å². The normalized spacial score (nSPS) is 15.1. The number of carbonyl (C=O) groups is 1. The fraction of sp³-hybridized carbons (Fsp3) is 0.350. The number of halogens is 1. The molecule has 0 bridgehead atoms. The summed E-state index contributed by atoms with van der Waals surface area (Å²) in [5.74, 6) is 1.42. The van der Waals surface area contributed by atoms with Crippen LogP contribution in [-0.2, 0) is 17.8 Å². The molecule has 0 atom stereocenters. The number of nitrogens with zero attached hydrogens (tertiary/aromatic N) is 4. The average molecular weight is 461 g/mol. The molecular formula is C20H21BrN4O2S. The molecule has 1 aliphatic heterocycles. The van der Waals surface area contributed by atoms with Gasteiger partial charge in [0.25, 0.3) is 0 Å². The molecule has 0 saturated carbocycles. The number of amides is 1. The summed E-state index contributed by atoms with van der Waals surface area (Å²) in [4.78, 5) is 22.2. The lowest BCUT2D eigenvalue weighted by Crippen LogP contribution is -2.48. The topological polar surface area (TPSA) is 62.5 Å². The third kappa shape index (κ3) is 4.68. The summed E-state index contributed by atoms with van der Waals surface area (Å²) in [6.45, 7) is 5.73. The van der Waals surface area contributed by atoms with Crippen LogP contribution < -0.4 is 0 Å². The molecule has 8 heteroatoms. The van der Waals surface area contributed by atoms with Gasteiger partial charge in [-0.1, -0.05) is 35.0 Å². The van der Waals surface area contributed by atoms with Crippen molar-refractivity contribution in [2.75, 3.05) is 26.2 Å². The van der Waals surface area contributed by atoms with Crippen LogP contribution in [0.15, 0.2) is 44.7 Å². The first kappa shape index (κ1) is 19.3. The van der Waals surface area contributed by atoms with E-state index in [1.807, 2.05) is 40.6 Å². The first-order chi connectivity index (χ1) is 13.6. The Hall–Kier alpha value is -2.03. The average Bonchev–Trinajstić information content (AvgIpc) is 3.33. The summed E-state index contributed by atoms with van der Waals surface area (Å²) in [7, 11) is 0. The lowest BCUT2D eigenvalue weighted by atomic mass is 10.1. The van der Waals surface area contributed by atoms with Crippen LogP contribution in [0.4, 0.5) is 0 Å². The summed E-state index contributed by atoms with van der Waals surface area (Å²) in [5, 5.41) is 6.07. The third-order valence-corrected chi connectivity index (χ3v) is 6.50.